The Morgan fingerprint density at radius 3 is 2.54 bits per heavy atom. The van der Waals surface area contributed by atoms with Gasteiger partial charge in [-0.2, -0.15) is 0 Å². The highest BCUT2D eigenvalue weighted by Crippen LogP contribution is 2.15. The summed E-state index contributed by atoms with van der Waals surface area (Å²) in [6, 6.07) is 9.79. The molecule has 1 aliphatic heterocycles. The third-order valence-electron chi connectivity index (χ3n) is 4.16. The molecule has 0 unspecified atom stereocenters. The number of benzene rings is 1. The lowest BCUT2D eigenvalue weighted by Gasteiger charge is -2.31. The van der Waals surface area contributed by atoms with Crippen LogP contribution in [0.2, 0.25) is 0 Å². The van der Waals surface area contributed by atoms with Crippen LogP contribution >= 0.6 is 15.9 Å². The van der Waals surface area contributed by atoms with Crippen molar-refractivity contribution >= 4 is 21.8 Å². The molecule has 0 bridgehead atoms. The number of quaternary nitrogens is 1. The number of hydrogen-bond donors (Lipinski definition) is 2. The van der Waals surface area contributed by atoms with Gasteiger partial charge in [0.05, 0.1) is 19.8 Å². The molecule has 1 aromatic heterocycles. The van der Waals surface area contributed by atoms with Crippen molar-refractivity contribution in [1.29, 1.82) is 0 Å². The van der Waals surface area contributed by atoms with Gasteiger partial charge in [-0.15, -0.1) is 0 Å². The van der Waals surface area contributed by atoms with Crippen LogP contribution in [0.1, 0.15) is 22.2 Å². The lowest BCUT2D eigenvalue weighted by atomic mass is 10.0. The molecule has 1 aliphatic rings. The number of carbonyl (C=O) groups is 1. The molecule has 128 valence electrons. The van der Waals surface area contributed by atoms with Crippen LogP contribution in [0.5, 0.6) is 0 Å². The molecule has 5 nitrogen and oxygen atoms in total. The Kier molecular flexibility index (Phi) is 5.65. The first-order chi connectivity index (χ1) is 11.6. The summed E-state index contributed by atoms with van der Waals surface area (Å²) in [5, 5.41) is 2.91. The van der Waals surface area contributed by atoms with E-state index in [0.717, 1.165) is 18.7 Å². The van der Waals surface area contributed by atoms with Gasteiger partial charge in [0.25, 0.3) is 5.91 Å². The van der Waals surface area contributed by atoms with Gasteiger partial charge in [-0.25, -0.2) is 4.39 Å². The second-order valence-corrected chi connectivity index (χ2v) is 6.47. The average molecular weight is 398 g/mol. The molecule has 1 atom stereocenters. The van der Waals surface area contributed by atoms with Crippen molar-refractivity contribution in [3.8, 4) is 0 Å². The van der Waals surface area contributed by atoms with E-state index in [9.17, 15) is 9.18 Å². The predicted molar refractivity (Wildman–Crippen MR) is 89.4 cm³/mol. The minimum absolute atomic E-state index is 0.0388. The van der Waals surface area contributed by atoms with E-state index < -0.39 is 0 Å². The maximum absolute atomic E-state index is 13.2. The summed E-state index contributed by atoms with van der Waals surface area (Å²) in [6.07, 6.45) is 0. The number of amides is 1. The molecule has 24 heavy (non-hydrogen) atoms. The Balaban J connectivity index is 1.71. The van der Waals surface area contributed by atoms with Crippen LogP contribution in [-0.4, -0.2) is 38.8 Å². The van der Waals surface area contributed by atoms with E-state index in [1.54, 1.807) is 24.3 Å². The van der Waals surface area contributed by atoms with Crippen molar-refractivity contribution in [2.45, 2.75) is 6.04 Å². The Bertz CT molecular complexity index is 683. The van der Waals surface area contributed by atoms with Crippen LogP contribution < -0.4 is 10.2 Å². The molecule has 1 fully saturated rings. The third-order valence-corrected chi connectivity index (χ3v) is 4.59. The Morgan fingerprint density at radius 2 is 1.92 bits per heavy atom. The molecule has 0 saturated carbocycles. The monoisotopic (exact) mass is 397 g/mol. The molecule has 0 radical (unpaired) electrons. The summed E-state index contributed by atoms with van der Waals surface area (Å²) in [5.74, 6) is -0.267. The predicted octanol–water partition coefficient (Wildman–Crippen LogP) is 1.57. The molecule has 0 spiro atoms. The maximum Gasteiger partial charge on any atom is 0.287 e. The maximum atomic E-state index is 13.2. The first-order valence-electron chi connectivity index (χ1n) is 7.85. The lowest BCUT2D eigenvalue weighted by molar-refractivity contribution is -0.937. The number of ether oxygens (including phenoxy) is 1. The fourth-order valence-corrected chi connectivity index (χ4v) is 3.20. The number of nitrogens with one attached hydrogen (secondary N) is 2. The zero-order valence-corrected chi connectivity index (χ0v) is 14.6. The van der Waals surface area contributed by atoms with Gasteiger partial charge in [0.15, 0.2) is 10.4 Å². The van der Waals surface area contributed by atoms with Crippen LogP contribution in [0.4, 0.5) is 4.39 Å². The van der Waals surface area contributed by atoms with Gasteiger partial charge in [-0.1, -0.05) is 12.1 Å². The standard InChI is InChI=1S/C17H18BrFN2O3/c18-16-6-5-15(24-16)17(22)20-11-14(21-7-9-23-10-8-21)12-1-3-13(19)4-2-12/h1-6,14H,7-11H2,(H,20,22)/p+1/t14-/m1/s1. The molecule has 2 heterocycles. The average Bonchev–Trinajstić information content (AvgIpc) is 3.04. The van der Waals surface area contributed by atoms with Crippen LogP contribution in [0, 0.1) is 5.82 Å². The van der Waals surface area contributed by atoms with E-state index in [0.29, 0.717) is 24.4 Å². The second kappa shape index (κ2) is 7.92. The Morgan fingerprint density at radius 1 is 1.21 bits per heavy atom. The topological polar surface area (TPSA) is 55.9 Å². The van der Waals surface area contributed by atoms with Crippen molar-refractivity contribution in [3.05, 3.63) is 58.2 Å². The van der Waals surface area contributed by atoms with Gasteiger partial charge in [-0.3, -0.25) is 4.79 Å². The lowest BCUT2D eigenvalue weighted by Crippen LogP contribution is -3.15. The highest BCUT2D eigenvalue weighted by Gasteiger charge is 2.27. The Labute approximate surface area is 147 Å². The third kappa shape index (κ3) is 4.23. The molecule has 2 N–H and O–H groups in total. The fraction of sp³-hybridized carbons (Fsp3) is 0.353. The molecular weight excluding hydrogens is 379 g/mol. The minimum Gasteiger partial charge on any atom is -0.444 e. The van der Waals surface area contributed by atoms with Gasteiger partial charge < -0.3 is 19.4 Å². The first-order valence-corrected chi connectivity index (χ1v) is 8.64. The number of rotatable bonds is 5. The summed E-state index contributed by atoms with van der Waals surface area (Å²) >= 11 is 3.19. The molecule has 2 aromatic rings. The number of hydrogen-bond acceptors (Lipinski definition) is 3. The zero-order chi connectivity index (χ0) is 16.9. The van der Waals surface area contributed by atoms with Gasteiger partial charge in [0.1, 0.15) is 24.9 Å². The zero-order valence-electron chi connectivity index (χ0n) is 13.1. The highest BCUT2D eigenvalue weighted by molar-refractivity contribution is 9.10. The van der Waals surface area contributed by atoms with E-state index in [4.69, 9.17) is 9.15 Å². The van der Waals surface area contributed by atoms with E-state index in [1.807, 2.05) is 0 Å². The molecule has 1 saturated heterocycles. The largest absolute Gasteiger partial charge is 0.444 e. The summed E-state index contributed by atoms with van der Waals surface area (Å²) in [4.78, 5) is 13.5. The van der Waals surface area contributed by atoms with Gasteiger partial charge in [-0.05, 0) is 40.2 Å². The number of carbonyl (C=O) groups excluding carboxylic acids is 1. The van der Waals surface area contributed by atoms with Gasteiger partial charge in [0.2, 0.25) is 0 Å². The second-order valence-electron chi connectivity index (χ2n) is 5.69. The van der Waals surface area contributed by atoms with Gasteiger partial charge in [0, 0.05) is 5.56 Å². The summed E-state index contributed by atoms with van der Waals surface area (Å²) in [5.41, 5.74) is 0.995. The van der Waals surface area contributed by atoms with Crippen LogP contribution in [-0.2, 0) is 4.74 Å². The van der Waals surface area contributed by atoms with Crippen LogP contribution in [0.15, 0.2) is 45.5 Å². The molecule has 1 aromatic carbocycles. The van der Waals surface area contributed by atoms with Crippen molar-refractivity contribution in [1.82, 2.24) is 5.32 Å². The normalized spacial score (nSPS) is 16.8. The number of halogens is 2. The van der Waals surface area contributed by atoms with E-state index in [2.05, 4.69) is 21.2 Å². The number of morpholine rings is 1. The molecule has 7 heteroatoms. The minimum atomic E-state index is -0.265. The first kappa shape index (κ1) is 17.1. The van der Waals surface area contributed by atoms with Crippen molar-refractivity contribution in [2.24, 2.45) is 0 Å². The van der Waals surface area contributed by atoms with Crippen LogP contribution in [0.3, 0.4) is 0 Å². The smallest absolute Gasteiger partial charge is 0.287 e. The highest BCUT2D eigenvalue weighted by atomic mass is 79.9. The summed E-state index contributed by atoms with van der Waals surface area (Å²) in [7, 11) is 0. The van der Waals surface area contributed by atoms with Crippen molar-refractivity contribution < 1.29 is 23.2 Å². The van der Waals surface area contributed by atoms with Crippen LogP contribution in [0.25, 0.3) is 0 Å². The Hall–Kier alpha value is -1.70. The summed E-state index contributed by atoms with van der Waals surface area (Å²) < 4.78 is 24.4. The van der Waals surface area contributed by atoms with E-state index in [1.165, 1.54) is 17.0 Å². The van der Waals surface area contributed by atoms with Gasteiger partial charge >= 0.3 is 0 Å². The molecule has 3 rings (SSSR count). The van der Waals surface area contributed by atoms with Crippen molar-refractivity contribution in [2.75, 3.05) is 32.8 Å². The quantitative estimate of drug-likeness (QED) is 0.804. The number of furan rings is 1. The fourth-order valence-electron chi connectivity index (χ4n) is 2.89. The molecule has 0 aliphatic carbocycles. The van der Waals surface area contributed by atoms with Crippen molar-refractivity contribution in [3.63, 3.8) is 0 Å². The SMILES string of the molecule is O=C(NC[C@H](c1ccc(F)cc1)[NH+]1CCOCC1)c1ccc(Br)o1. The molecular formula is C17H19BrFN2O3+. The molecule has 1 amide bonds. The summed E-state index contributed by atoms with van der Waals surface area (Å²) in [6.45, 7) is 3.52. The van der Waals surface area contributed by atoms with E-state index >= 15 is 0 Å². The van der Waals surface area contributed by atoms with E-state index in [-0.39, 0.29) is 23.5 Å².